The number of hydrogen-bond acceptors (Lipinski definition) is 4. The van der Waals surface area contributed by atoms with Crippen molar-refractivity contribution in [3.8, 4) is 0 Å². The number of anilines is 1. The summed E-state index contributed by atoms with van der Waals surface area (Å²) >= 11 is 0. The molecule has 1 fully saturated rings. The molecule has 0 radical (unpaired) electrons. The van der Waals surface area contributed by atoms with Crippen LogP contribution in [0.15, 0.2) is 12.4 Å². The van der Waals surface area contributed by atoms with Crippen LogP contribution in [0.1, 0.15) is 37.9 Å². The molecule has 0 atom stereocenters. The van der Waals surface area contributed by atoms with Gasteiger partial charge in [0.2, 0.25) is 5.65 Å². The summed E-state index contributed by atoms with van der Waals surface area (Å²) in [5, 5.41) is 11.7. The first-order chi connectivity index (χ1) is 8.84. The first kappa shape index (κ1) is 11.4. The number of fused-ring (bicyclic) bond motifs is 1. The van der Waals surface area contributed by atoms with Gasteiger partial charge in [-0.2, -0.15) is 0 Å². The molecule has 3 rings (SSSR count). The van der Waals surface area contributed by atoms with Gasteiger partial charge in [-0.1, -0.05) is 19.3 Å². The highest BCUT2D eigenvalue weighted by Crippen LogP contribution is 2.24. The van der Waals surface area contributed by atoms with Crippen LogP contribution in [-0.2, 0) is 0 Å². The van der Waals surface area contributed by atoms with Crippen molar-refractivity contribution < 1.29 is 0 Å². The molecule has 0 unspecified atom stereocenters. The molecule has 1 aliphatic carbocycles. The molecule has 0 spiro atoms. The van der Waals surface area contributed by atoms with Crippen LogP contribution in [0, 0.1) is 12.8 Å². The number of rotatable bonds is 3. The topological polar surface area (TPSA) is 55.1 Å². The Hall–Kier alpha value is -1.65. The van der Waals surface area contributed by atoms with E-state index >= 15 is 0 Å². The van der Waals surface area contributed by atoms with Crippen LogP contribution in [0.25, 0.3) is 5.65 Å². The van der Waals surface area contributed by atoms with Crippen LogP contribution >= 0.6 is 0 Å². The molecule has 1 aliphatic rings. The summed E-state index contributed by atoms with van der Waals surface area (Å²) in [6.07, 6.45) is 10.5. The molecule has 96 valence electrons. The molecule has 1 N–H and O–H groups in total. The number of nitrogens with one attached hydrogen (secondary N) is 1. The lowest BCUT2D eigenvalue weighted by molar-refractivity contribution is 0.373. The van der Waals surface area contributed by atoms with Crippen molar-refractivity contribution in [2.45, 2.75) is 39.0 Å². The highest BCUT2D eigenvalue weighted by molar-refractivity contribution is 5.61. The van der Waals surface area contributed by atoms with Gasteiger partial charge in [-0.15, -0.1) is 10.2 Å². The lowest BCUT2D eigenvalue weighted by atomic mass is 9.89. The minimum absolute atomic E-state index is 0.782. The van der Waals surface area contributed by atoms with Crippen LogP contribution in [0.5, 0.6) is 0 Å². The van der Waals surface area contributed by atoms with E-state index in [1.54, 1.807) is 6.20 Å². The van der Waals surface area contributed by atoms with E-state index in [1.807, 2.05) is 17.5 Å². The van der Waals surface area contributed by atoms with Crippen molar-refractivity contribution in [2.75, 3.05) is 11.9 Å². The molecule has 5 nitrogen and oxygen atoms in total. The second-order valence-corrected chi connectivity index (χ2v) is 5.10. The fourth-order valence-corrected chi connectivity index (χ4v) is 2.70. The minimum Gasteiger partial charge on any atom is -0.367 e. The third kappa shape index (κ3) is 2.17. The number of hydrogen-bond donors (Lipinski definition) is 1. The lowest BCUT2D eigenvalue weighted by Crippen LogP contribution is -2.18. The Morgan fingerprint density at radius 2 is 2.11 bits per heavy atom. The number of aromatic nitrogens is 4. The zero-order chi connectivity index (χ0) is 12.4. The van der Waals surface area contributed by atoms with E-state index in [0.29, 0.717) is 0 Å². The molecule has 0 aliphatic heterocycles. The van der Waals surface area contributed by atoms with Gasteiger partial charge in [-0.25, -0.2) is 4.98 Å². The summed E-state index contributed by atoms with van der Waals surface area (Å²) in [7, 11) is 0. The maximum Gasteiger partial charge on any atom is 0.203 e. The van der Waals surface area contributed by atoms with Gasteiger partial charge in [-0.3, -0.25) is 4.40 Å². The second kappa shape index (κ2) is 4.92. The fraction of sp³-hybridized carbons (Fsp3) is 0.615. The first-order valence-corrected chi connectivity index (χ1v) is 6.75. The van der Waals surface area contributed by atoms with E-state index in [1.165, 1.54) is 32.1 Å². The summed E-state index contributed by atoms with van der Waals surface area (Å²) in [5.74, 6) is 2.53. The molecule has 0 saturated heterocycles. The molecule has 0 bridgehead atoms. The molecule has 5 heteroatoms. The fourth-order valence-electron chi connectivity index (χ4n) is 2.70. The Balaban J connectivity index is 1.74. The van der Waals surface area contributed by atoms with E-state index in [9.17, 15) is 0 Å². The van der Waals surface area contributed by atoms with Crippen molar-refractivity contribution >= 4 is 11.5 Å². The van der Waals surface area contributed by atoms with Gasteiger partial charge in [0.25, 0.3) is 0 Å². The van der Waals surface area contributed by atoms with Crippen LogP contribution in [0.4, 0.5) is 5.82 Å². The maximum absolute atomic E-state index is 4.37. The van der Waals surface area contributed by atoms with Gasteiger partial charge in [-0.05, 0) is 25.7 Å². The van der Waals surface area contributed by atoms with Gasteiger partial charge in [0.05, 0.1) is 0 Å². The predicted octanol–water partition coefficient (Wildman–Crippen LogP) is 2.42. The summed E-state index contributed by atoms with van der Waals surface area (Å²) in [5.41, 5.74) is 0.825. The van der Waals surface area contributed by atoms with Crippen molar-refractivity contribution in [2.24, 2.45) is 5.92 Å². The van der Waals surface area contributed by atoms with Gasteiger partial charge in [0, 0.05) is 18.9 Å². The summed E-state index contributed by atoms with van der Waals surface area (Å²) in [4.78, 5) is 4.37. The van der Waals surface area contributed by atoms with Crippen molar-refractivity contribution in [3.63, 3.8) is 0 Å². The predicted molar refractivity (Wildman–Crippen MR) is 70.6 cm³/mol. The zero-order valence-electron chi connectivity index (χ0n) is 10.8. The largest absolute Gasteiger partial charge is 0.367 e. The average Bonchev–Trinajstić information content (AvgIpc) is 2.80. The van der Waals surface area contributed by atoms with Gasteiger partial charge >= 0.3 is 0 Å². The van der Waals surface area contributed by atoms with E-state index < -0.39 is 0 Å². The molecule has 2 aromatic rings. The Bertz CT molecular complexity index is 527. The standard InChI is InChI=1S/C13H19N5/c1-10-16-17-13-12(14-7-8-18(10)13)15-9-11-5-3-2-4-6-11/h7-8,11H,2-6,9H2,1H3,(H,14,15). The molecule has 2 heterocycles. The molecular weight excluding hydrogens is 226 g/mol. The normalized spacial score (nSPS) is 17.2. The summed E-state index contributed by atoms with van der Waals surface area (Å²) in [6.45, 7) is 2.95. The quantitative estimate of drug-likeness (QED) is 0.902. The van der Waals surface area contributed by atoms with Crippen LogP contribution < -0.4 is 5.32 Å². The molecule has 2 aromatic heterocycles. The van der Waals surface area contributed by atoms with Gasteiger partial charge in [0.15, 0.2) is 5.82 Å². The van der Waals surface area contributed by atoms with Crippen molar-refractivity contribution in [3.05, 3.63) is 18.2 Å². The Kier molecular flexibility index (Phi) is 3.13. The number of aryl methyl sites for hydroxylation is 1. The SMILES string of the molecule is Cc1nnc2c(NCC3CCCCC3)nccn12. The van der Waals surface area contributed by atoms with Gasteiger partial charge in [0.1, 0.15) is 5.82 Å². The minimum atomic E-state index is 0.782. The van der Waals surface area contributed by atoms with E-state index in [2.05, 4.69) is 20.5 Å². The average molecular weight is 245 g/mol. The molecule has 1 saturated carbocycles. The van der Waals surface area contributed by atoms with Crippen molar-refractivity contribution in [1.82, 2.24) is 19.6 Å². The highest BCUT2D eigenvalue weighted by atomic mass is 15.3. The smallest absolute Gasteiger partial charge is 0.203 e. The van der Waals surface area contributed by atoms with Crippen LogP contribution in [0.3, 0.4) is 0 Å². The third-order valence-corrected chi connectivity index (χ3v) is 3.78. The lowest BCUT2D eigenvalue weighted by Gasteiger charge is -2.21. The Morgan fingerprint density at radius 3 is 2.94 bits per heavy atom. The zero-order valence-corrected chi connectivity index (χ0v) is 10.8. The van der Waals surface area contributed by atoms with Crippen LogP contribution in [0.2, 0.25) is 0 Å². The third-order valence-electron chi connectivity index (χ3n) is 3.78. The molecule has 18 heavy (non-hydrogen) atoms. The monoisotopic (exact) mass is 245 g/mol. The maximum atomic E-state index is 4.37. The first-order valence-electron chi connectivity index (χ1n) is 6.75. The van der Waals surface area contributed by atoms with Crippen molar-refractivity contribution in [1.29, 1.82) is 0 Å². The Labute approximate surface area is 107 Å². The Morgan fingerprint density at radius 1 is 1.28 bits per heavy atom. The molecule has 0 amide bonds. The summed E-state index contributed by atoms with van der Waals surface area (Å²) in [6, 6.07) is 0. The highest BCUT2D eigenvalue weighted by Gasteiger charge is 2.14. The van der Waals surface area contributed by atoms with Gasteiger partial charge < -0.3 is 5.32 Å². The van der Waals surface area contributed by atoms with E-state index in [4.69, 9.17) is 0 Å². The van der Waals surface area contributed by atoms with E-state index in [-0.39, 0.29) is 0 Å². The summed E-state index contributed by atoms with van der Waals surface area (Å²) < 4.78 is 1.97. The number of nitrogens with zero attached hydrogens (tertiary/aromatic N) is 4. The molecule has 0 aromatic carbocycles. The molecular formula is C13H19N5. The van der Waals surface area contributed by atoms with Crippen LogP contribution in [-0.4, -0.2) is 26.1 Å². The second-order valence-electron chi connectivity index (χ2n) is 5.10. The van der Waals surface area contributed by atoms with E-state index in [0.717, 1.165) is 29.8 Å².